The van der Waals surface area contributed by atoms with Gasteiger partial charge in [0, 0.05) is 56.3 Å². The van der Waals surface area contributed by atoms with E-state index in [4.69, 9.17) is 0 Å². The first-order chi connectivity index (χ1) is 13.1. The van der Waals surface area contributed by atoms with Crippen LogP contribution >= 0.6 is 0 Å². The maximum atomic E-state index is 13.5. The van der Waals surface area contributed by atoms with E-state index in [0.29, 0.717) is 6.42 Å². The van der Waals surface area contributed by atoms with Crippen LogP contribution in [-0.4, -0.2) is 51.9 Å². The second-order valence-electron chi connectivity index (χ2n) is 8.09. The number of benzene rings is 1. The number of nitrogens with zero attached hydrogens (tertiary/aromatic N) is 3. The molecule has 0 radical (unpaired) electrons. The molecule has 2 aromatic rings. The number of H-pyrrole nitrogens is 1. The molecule has 1 aromatic heterocycles. The van der Waals surface area contributed by atoms with Crippen molar-refractivity contribution < 1.29 is 9.18 Å². The predicted molar refractivity (Wildman–Crippen MR) is 101 cm³/mol. The van der Waals surface area contributed by atoms with Gasteiger partial charge in [-0.1, -0.05) is 12.1 Å². The molecule has 2 fully saturated rings. The second kappa shape index (κ2) is 7.80. The number of hydrogen-bond acceptors (Lipinski definition) is 3. The number of rotatable bonds is 5. The highest BCUT2D eigenvalue weighted by molar-refractivity contribution is 5.77. The molecule has 0 bridgehead atoms. The van der Waals surface area contributed by atoms with Crippen molar-refractivity contribution in [2.45, 2.75) is 38.6 Å². The molecule has 1 atom stereocenters. The van der Waals surface area contributed by atoms with Crippen molar-refractivity contribution in [1.82, 2.24) is 19.8 Å². The van der Waals surface area contributed by atoms with Gasteiger partial charge in [-0.25, -0.2) is 9.37 Å². The first kappa shape index (κ1) is 18.2. The second-order valence-corrected chi connectivity index (χ2v) is 8.09. The van der Waals surface area contributed by atoms with Crippen LogP contribution in [0.1, 0.15) is 36.9 Å². The van der Waals surface area contributed by atoms with E-state index in [1.54, 1.807) is 18.5 Å². The van der Waals surface area contributed by atoms with Gasteiger partial charge in [0.25, 0.3) is 0 Å². The molecule has 27 heavy (non-hydrogen) atoms. The van der Waals surface area contributed by atoms with Gasteiger partial charge in [0.05, 0.1) is 6.33 Å². The first-order valence-electron chi connectivity index (χ1n) is 9.84. The SMILES string of the molecule is O=C1CC[C@]2(CCCN(Cc3cccc(F)c3)C2)CN1CCc1cnc[nH]1. The number of halogens is 1. The van der Waals surface area contributed by atoms with E-state index in [-0.39, 0.29) is 17.1 Å². The summed E-state index contributed by atoms with van der Waals surface area (Å²) in [5, 5.41) is 0. The normalized spacial score (nSPS) is 23.9. The summed E-state index contributed by atoms with van der Waals surface area (Å²) in [5.41, 5.74) is 2.27. The standard InChI is InChI=1S/C21H27FN4O/c22-18-4-1-3-17(11-18)13-25-9-2-7-21(14-25)8-5-20(27)26(15-21)10-6-19-12-23-16-24-19/h1,3-4,11-12,16H,2,5-10,13-15H2,(H,23,24)/t21-/m0/s1. The molecule has 0 aliphatic carbocycles. The number of carbonyl (C=O) groups is 1. The predicted octanol–water partition coefficient (Wildman–Crippen LogP) is 3.00. The van der Waals surface area contributed by atoms with Crippen LogP contribution in [0.15, 0.2) is 36.8 Å². The van der Waals surface area contributed by atoms with Crippen molar-refractivity contribution in [2.75, 3.05) is 26.2 Å². The van der Waals surface area contributed by atoms with Crippen LogP contribution in [0.4, 0.5) is 4.39 Å². The Morgan fingerprint density at radius 1 is 1.26 bits per heavy atom. The number of piperidine rings is 2. The van der Waals surface area contributed by atoms with E-state index in [2.05, 4.69) is 14.9 Å². The minimum absolute atomic E-state index is 0.174. The van der Waals surface area contributed by atoms with Crippen molar-refractivity contribution in [3.63, 3.8) is 0 Å². The summed E-state index contributed by atoms with van der Waals surface area (Å²) >= 11 is 0. The molecule has 144 valence electrons. The number of amides is 1. The van der Waals surface area contributed by atoms with Gasteiger partial charge in [-0.05, 0) is 43.5 Å². The zero-order valence-electron chi connectivity index (χ0n) is 15.7. The lowest BCUT2D eigenvalue weighted by Crippen LogP contribution is -2.54. The maximum Gasteiger partial charge on any atom is 0.222 e. The van der Waals surface area contributed by atoms with Crippen LogP contribution in [0.2, 0.25) is 0 Å². The van der Waals surface area contributed by atoms with E-state index >= 15 is 0 Å². The maximum absolute atomic E-state index is 13.5. The molecule has 0 saturated carbocycles. The molecule has 2 saturated heterocycles. The van der Waals surface area contributed by atoms with Crippen molar-refractivity contribution in [3.05, 3.63) is 53.9 Å². The minimum atomic E-state index is -0.174. The number of likely N-dealkylation sites (tertiary alicyclic amines) is 2. The van der Waals surface area contributed by atoms with Gasteiger partial charge in [0.15, 0.2) is 0 Å². The Balaban J connectivity index is 1.39. The molecule has 6 heteroatoms. The highest BCUT2D eigenvalue weighted by Gasteiger charge is 2.41. The highest BCUT2D eigenvalue weighted by atomic mass is 19.1. The number of nitrogens with one attached hydrogen (secondary N) is 1. The quantitative estimate of drug-likeness (QED) is 0.880. The van der Waals surface area contributed by atoms with Gasteiger partial charge in [-0.15, -0.1) is 0 Å². The minimum Gasteiger partial charge on any atom is -0.348 e. The monoisotopic (exact) mass is 370 g/mol. The molecular formula is C21H27FN4O. The number of hydrogen-bond donors (Lipinski definition) is 1. The lowest BCUT2D eigenvalue weighted by Gasteiger charge is -2.48. The van der Waals surface area contributed by atoms with Gasteiger partial charge in [0.2, 0.25) is 5.91 Å². The van der Waals surface area contributed by atoms with Crippen LogP contribution < -0.4 is 0 Å². The fourth-order valence-electron chi connectivity index (χ4n) is 4.65. The van der Waals surface area contributed by atoms with E-state index in [1.807, 2.05) is 17.2 Å². The summed E-state index contributed by atoms with van der Waals surface area (Å²) in [6.45, 7) is 4.38. The van der Waals surface area contributed by atoms with E-state index in [1.165, 1.54) is 12.5 Å². The lowest BCUT2D eigenvalue weighted by atomic mass is 9.73. The molecular weight excluding hydrogens is 343 g/mol. The van der Waals surface area contributed by atoms with E-state index in [9.17, 15) is 9.18 Å². The van der Waals surface area contributed by atoms with Crippen molar-refractivity contribution in [3.8, 4) is 0 Å². The molecule has 1 amide bonds. The zero-order chi connectivity index (χ0) is 18.7. The van der Waals surface area contributed by atoms with Crippen LogP contribution in [0, 0.1) is 11.2 Å². The Kier molecular flexibility index (Phi) is 5.25. The highest BCUT2D eigenvalue weighted by Crippen LogP contribution is 2.39. The summed E-state index contributed by atoms with van der Waals surface area (Å²) in [6.07, 6.45) is 8.22. The van der Waals surface area contributed by atoms with E-state index in [0.717, 1.165) is 63.2 Å². The Bertz CT molecular complexity index is 778. The van der Waals surface area contributed by atoms with E-state index < -0.39 is 0 Å². The molecule has 1 spiro atoms. The number of aromatic nitrogens is 2. The van der Waals surface area contributed by atoms with Crippen LogP contribution in [0.25, 0.3) is 0 Å². The van der Waals surface area contributed by atoms with Gasteiger partial charge < -0.3 is 9.88 Å². The van der Waals surface area contributed by atoms with Gasteiger partial charge in [-0.2, -0.15) is 0 Å². The molecule has 2 aliphatic rings. The lowest BCUT2D eigenvalue weighted by molar-refractivity contribution is -0.139. The van der Waals surface area contributed by atoms with Crippen LogP contribution in [-0.2, 0) is 17.8 Å². The largest absolute Gasteiger partial charge is 0.348 e. The summed E-state index contributed by atoms with van der Waals surface area (Å²) in [6, 6.07) is 6.89. The summed E-state index contributed by atoms with van der Waals surface area (Å²) in [5.74, 6) is 0.0925. The summed E-state index contributed by atoms with van der Waals surface area (Å²) in [7, 11) is 0. The number of imidazole rings is 1. The summed E-state index contributed by atoms with van der Waals surface area (Å²) < 4.78 is 13.5. The number of aromatic amines is 1. The smallest absolute Gasteiger partial charge is 0.222 e. The van der Waals surface area contributed by atoms with Gasteiger partial charge >= 0.3 is 0 Å². The third-order valence-electron chi connectivity index (χ3n) is 5.99. The molecule has 1 aromatic carbocycles. The van der Waals surface area contributed by atoms with Crippen molar-refractivity contribution in [1.29, 1.82) is 0 Å². The third-order valence-corrected chi connectivity index (χ3v) is 5.99. The summed E-state index contributed by atoms with van der Waals surface area (Å²) in [4.78, 5) is 24.1. The van der Waals surface area contributed by atoms with Crippen molar-refractivity contribution >= 4 is 5.91 Å². The molecule has 4 rings (SSSR count). The molecule has 2 aliphatic heterocycles. The number of carbonyl (C=O) groups excluding carboxylic acids is 1. The zero-order valence-corrected chi connectivity index (χ0v) is 15.7. The Morgan fingerprint density at radius 3 is 3.00 bits per heavy atom. The fraction of sp³-hybridized carbons (Fsp3) is 0.524. The first-order valence-corrected chi connectivity index (χ1v) is 9.84. The average Bonchev–Trinajstić information content (AvgIpc) is 3.17. The van der Waals surface area contributed by atoms with Gasteiger partial charge in [0.1, 0.15) is 5.82 Å². The van der Waals surface area contributed by atoms with Crippen LogP contribution in [0.3, 0.4) is 0 Å². The molecule has 3 heterocycles. The Hall–Kier alpha value is -2.21. The fourth-order valence-corrected chi connectivity index (χ4v) is 4.65. The third kappa shape index (κ3) is 4.38. The average molecular weight is 370 g/mol. The Morgan fingerprint density at radius 2 is 2.19 bits per heavy atom. The van der Waals surface area contributed by atoms with Gasteiger partial charge in [-0.3, -0.25) is 9.69 Å². The Labute approximate surface area is 159 Å². The van der Waals surface area contributed by atoms with Crippen LogP contribution in [0.5, 0.6) is 0 Å². The molecule has 0 unspecified atom stereocenters. The molecule has 5 nitrogen and oxygen atoms in total. The van der Waals surface area contributed by atoms with Crippen molar-refractivity contribution in [2.24, 2.45) is 5.41 Å². The molecule has 1 N–H and O–H groups in total. The topological polar surface area (TPSA) is 52.2 Å².